The van der Waals surface area contributed by atoms with Gasteiger partial charge in [-0.3, -0.25) is 4.90 Å². The zero-order valence-electron chi connectivity index (χ0n) is 12.0. The summed E-state index contributed by atoms with van der Waals surface area (Å²) in [5.74, 6) is 1.29. The molecule has 0 aliphatic carbocycles. The summed E-state index contributed by atoms with van der Waals surface area (Å²) in [5.41, 5.74) is 0. The average Bonchev–Trinajstić information content (AvgIpc) is 2.36. The first kappa shape index (κ1) is 15.3. The molecule has 2 nitrogen and oxygen atoms in total. The molecule has 102 valence electrons. The van der Waals surface area contributed by atoms with E-state index in [4.69, 9.17) is 0 Å². The standard InChI is InChI=1S/C14H30N2S/c1-5-7-13-11-16(12(3)8-9-17-4)14(6-2)10-15-13/h12-15H,5-11H2,1-4H3. The normalized spacial score (nSPS) is 28.2. The Bertz CT molecular complexity index is 199. The Morgan fingerprint density at radius 3 is 2.76 bits per heavy atom. The number of nitrogens with zero attached hydrogens (tertiary/aromatic N) is 1. The molecule has 1 N–H and O–H groups in total. The van der Waals surface area contributed by atoms with Gasteiger partial charge in [-0.15, -0.1) is 0 Å². The Morgan fingerprint density at radius 1 is 1.41 bits per heavy atom. The summed E-state index contributed by atoms with van der Waals surface area (Å²) in [6.07, 6.45) is 7.43. The van der Waals surface area contributed by atoms with Gasteiger partial charge in [0.25, 0.3) is 0 Å². The first-order valence-electron chi connectivity index (χ1n) is 7.20. The fourth-order valence-electron chi connectivity index (χ4n) is 2.80. The highest BCUT2D eigenvalue weighted by atomic mass is 32.2. The van der Waals surface area contributed by atoms with Crippen molar-refractivity contribution >= 4 is 11.8 Å². The van der Waals surface area contributed by atoms with Gasteiger partial charge in [0.2, 0.25) is 0 Å². The minimum Gasteiger partial charge on any atom is -0.311 e. The number of nitrogens with one attached hydrogen (secondary N) is 1. The van der Waals surface area contributed by atoms with Gasteiger partial charge in [-0.25, -0.2) is 0 Å². The third-order valence-electron chi connectivity index (χ3n) is 3.96. The zero-order chi connectivity index (χ0) is 12.7. The maximum atomic E-state index is 3.72. The Labute approximate surface area is 112 Å². The van der Waals surface area contributed by atoms with Crippen molar-refractivity contribution in [2.75, 3.05) is 25.1 Å². The lowest BCUT2D eigenvalue weighted by Gasteiger charge is -2.43. The number of thioether (sulfide) groups is 1. The molecule has 1 aliphatic rings. The maximum absolute atomic E-state index is 3.72. The van der Waals surface area contributed by atoms with Crippen LogP contribution in [0.5, 0.6) is 0 Å². The molecule has 1 heterocycles. The molecular weight excluding hydrogens is 228 g/mol. The third-order valence-corrected chi connectivity index (χ3v) is 4.60. The number of rotatable bonds is 7. The predicted molar refractivity (Wildman–Crippen MR) is 79.9 cm³/mol. The van der Waals surface area contributed by atoms with E-state index >= 15 is 0 Å². The van der Waals surface area contributed by atoms with Crippen LogP contribution in [0.25, 0.3) is 0 Å². The van der Waals surface area contributed by atoms with Gasteiger partial charge in [0.15, 0.2) is 0 Å². The molecule has 0 saturated carbocycles. The van der Waals surface area contributed by atoms with E-state index in [2.05, 4.69) is 37.2 Å². The molecule has 0 amide bonds. The summed E-state index contributed by atoms with van der Waals surface area (Å²) in [7, 11) is 0. The third kappa shape index (κ3) is 4.80. The van der Waals surface area contributed by atoms with Gasteiger partial charge in [-0.2, -0.15) is 11.8 Å². The van der Waals surface area contributed by atoms with E-state index in [0.29, 0.717) is 0 Å². The second-order valence-corrected chi connectivity index (χ2v) is 6.27. The summed E-state index contributed by atoms with van der Waals surface area (Å²) >= 11 is 1.97. The van der Waals surface area contributed by atoms with Gasteiger partial charge >= 0.3 is 0 Å². The average molecular weight is 258 g/mol. The molecule has 3 heteroatoms. The minimum absolute atomic E-state index is 0.722. The highest BCUT2D eigenvalue weighted by Gasteiger charge is 2.29. The molecule has 1 rings (SSSR count). The van der Waals surface area contributed by atoms with Crippen LogP contribution in [0.3, 0.4) is 0 Å². The monoisotopic (exact) mass is 258 g/mol. The van der Waals surface area contributed by atoms with Crippen molar-refractivity contribution in [2.45, 2.75) is 64.6 Å². The van der Waals surface area contributed by atoms with Crippen LogP contribution in [-0.4, -0.2) is 48.1 Å². The topological polar surface area (TPSA) is 15.3 Å². The predicted octanol–water partition coefficient (Wildman–Crippen LogP) is 2.98. The van der Waals surface area contributed by atoms with Crippen molar-refractivity contribution < 1.29 is 0 Å². The van der Waals surface area contributed by atoms with E-state index in [9.17, 15) is 0 Å². The summed E-state index contributed by atoms with van der Waals surface area (Å²) in [6, 6.07) is 2.22. The molecule has 0 aromatic heterocycles. The molecule has 17 heavy (non-hydrogen) atoms. The fraction of sp³-hybridized carbons (Fsp3) is 1.00. The SMILES string of the molecule is CCCC1CN(C(C)CCSC)C(CC)CN1. The molecule has 0 aromatic rings. The second-order valence-electron chi connectivity index (χ2n) is 5.28. The Balaban J connectivity index is 2.49. The van der Waals surface area contributed by atoms with Gasteiger partial charge < -0.3 is 5.32 Å². The van der Waals surface area contributed by atoms with Gasteiger partial charge in [-0.05, 0) is 38.2 Å². The molecule has 1 fully saturated rings. The Hall–Kier alpha value is 0.270. The van der Waals surface area contributed by atoms with E-state index in [0.717, 1.165) is 18.1 Å². The quantitative estimate of drug-likeness (QED) is 0.756. The van der Waals surface area contributed by atoms with E-state index in [1.54, 1.807) is 0 Å². The summed E-state index contributed by atoms with van der Waals surface area (Å²) in [6.45, 7) is 9.45. The van der Waals surface area contributed by atoms with Crippen molar-refractivity contribution in [2.24, 2.45) is 0 Å². The molecule has 3 unspecified atom stereocenters. The smallest absolute Gasteiger partial charge is 0.0221 e. The van der Waals surface area contributed by atoms with Crippen LogP contribution in [0, 0.1) is 0 Å². The lowest BCUT2D eigenvalue weighted by molar-refractivity contribution is 0.0824. The van der Waals surface area contributed by atoms with Crippen LogP contribution < -0.4 is 5.32 Å². The van der Waals surface area contributed by atoms with Gasteiger partial charge in [-0.1, -0.05) is 20.3 Å². The molecular formula is C14H30N2S. The maximum Gasteiger partial charge on any atom is 0.0221 e. The summed E-state index contributed by atoms with van der Waals surface area (Å²) in [4.78, 5) is 2.76. The highest BCUT2D eigenvalue weighted by molar-refractivity contribution is 7.98. The molecule has 0 aromatic carbocycles. The highest BCUT2D eigenvalue weighted by Crippen LogP contribution is 2.18. The van der Waals surface area contributed by atoms with Crippen LogP contribution in [0.2, 0.25) is 0 Å². The van der Waals surface area contributed by atoms with Crippen LogP contribution in [0.4, 0.5) is 0 Å². The molecule has 1 aliphatic heterocycles. The second kappa shape index (κ2) is 8.39. The van der Waals surface area contributed by atoms with Crippen LogP contribution in [0.15, 0.2) is 0 Å². The van der Waals surface area contributed by atoms with Crippen LogP contribution in [0.1, 0.15) is 46.5 Å². The number of piperazine rings is 1. The van der Waals surface area contributed by atoms with E-state index in [-0.39, 0.29) is 0 Å². The lowest BCUT2D eigenvalue weighted by atomic mass is 10.0. The van der Waals surface area contributed by atoms with Crippen molar-refractivity contribution in [3.63, 3.8) is 0 Å². The molecule has 1 saturated heterocycles. The van der Waals surface area contributed by atoms with Crippen molar-refractivity contribution in [3.8, 4) is 0 Å². The number of hydrogen-bond donors (Lipinski definition) is 1. The Morgan fingerprint density at radius 2 is 2.18 bits per heavy atom. The zero-order valence-corrected chi connectivity index (χ0v) is 12.9. The van der Waals surface area contributed by atoms with Crippen molar-refractivity contribution in [3.05, 3.63) is 0 Å². The lowest BCUT2D eigenvalue weighted by Crippen LogP contribution is -2.58. The molecule has 0 bridgehead atoms. The Kier molecular flexibility index (Phi) is 7.56. The van der Waals surface area contributed by atoms with Crippen LogP contribution in [-0.2, 0) is 0 Å². The number of hydrogen-bond acceptors (Lipinski definition) is 3. The fourth-order valence-corrected chi connectivity index (χ4v) is 3.38. The molecule has 0 radical (unpaired) electrons. The largest absolute Gasteiger partial charge is 0.311 e. The summed E-state index contributed by atoms with van der Waals surface area (Å²) in [5, 5.41) is 3.72. The minimum atomic E-state index is 0.722. The van der Waals surface area contributed by atoms with E-state index in [1.807, 2.05) is 11.8 Å². The van der Waals surface area contributed by atoms with Crippen LogP contribution >= 0.6 is 11.8 Å². The first-order valence-corrected chi connectivity index (χ1v) is 8.60. The van der Waals surface area contributed by atoms with Gasteiger partial charge in [0.1, 0.15) is 0 Å². The summed E-state index contributed by atoms with van der Waals surface area (Å²) < 4.78 is 0. The molecule has 3 atom stereocenters. The van der Waals surface area contributed by atoms with Crippen molar-refractivity contribution in [1.82, 2.24) is 10.2 Å². The molecule has 0 spiro atoms. The van der Waals surface area contributed by atoms with E-state index < -0.39 is 0 Å². The first-order chi connectivity index (χ1) is 8.22. The van der Waals surface area contributed by atoms with Gasteiger partial charge in [0.05, 0.1) is 0 Å². The van der Waals surface area contributed by atoms with Crippen molar-refractivity contribution in [1.29, 1.82) is 0 Å². The van der Waals surface area contributed by atoms with E-state index in [1.165, 1.54) is 44.5 Å². The van der Waals surface area contributed by atoms with Gasteiger partial charge in [0, 0.05) is 31.2 Å².